The van der Waals surface area contributed by atoms with Crippen molar-refractivity contribution in [3.05, 3.63) is 23.8 Å². The second kappa shape index (κ2) is 6.79. The van der Waals surface area contributed by atoms with E-state index in [4.69, 9.17) is 9.47 Å². The van der Waals surface area contributed by atoms with Crippen LogP contribution in [0, 0.1) is 5.41 Å². The minimum absolute atomic E-state index is 0.105. The largest absolute Gasteiger partial charge is 0.454 e. The van der Waals surface area contributed by atoms with Crippen molar-refractivity contribution < 1.29 is 19.4 Å². The fourth-order valence-electron chi connectivity index (χ4n) is 3.46. The SMILES string of the molecule is CCC1(CO)CCCN(C(=O)CCc2ccc3c(c2)OCO3)C1. The number of hydrogen-bond donors (Lipinski definition) is 1. The monoisotopic (exact) mass is 319 g/mol. The highest BCUT2D eigenvalue weighted by Crippen LogP contribution is 2.34. The van der Waals surface area contributed by atoms with Crippen molar-refractivity contribution in [2.24, 2.45) is 5.41 Å². The number of ether oxygens (including phenoxy) is 2. The van der Waals surface area contributed by atoms with Crippen LogP contribution in [0.2, 0.25) is 0 Å². The molecule has 2 aliphatic heterocycles. The first-order valence-corrected chi connectivity index (χ1v) is 8.43. The lowest BCUT2D eigenvalue weighted by atomic mass is 9.78. The molecule has 1 aromatic carbocycles. The lowest BCUT2D eigenvalue weighted by Gasteiger charge is -2.41. The summed E-state index contributed by atoms with van der Waals surface area (Å²) in [6.45, 7) is 4.01. The van der Waals surface area contributed by atoms with Gasteiger partial charge in [-0.15, -0.1) is 0 Å². The normalized spacial score (nSPS) is 23.1. The molecule has 1 amide bonds. The van der Waals surface area contributed by atoms with Crippen LogP contribution in [0.4, 0.5) is 0 Å². The number of amides is 1. The van der Waals surface area contributed by atoms with Gasteiger partial charge in [-0.25, -0.2) is 0 Å². The van der Waals surface area contributed by atoms with Gasteiger partial charge in [0.05, 0.1) is 6.61 Å². The van der Waals surface area contributed by atoms with E-state index in [9.17, 15) is 9.90 Å². The first kappa shape index (κ1) is 16.1. The van der Waals surface area contributed by atoms with Gasteiger partial charge in [0, 0.05) is 24.9 Å². The number of carbonyl (C=O) groups is 1. The fraction of sp³-hybridized carbons (Fsp3) is 0.611. The van der Waals surface area contributed by atoms with Gasteiger partial charge in [-0.1, -0.05) is 13.0 Å². The van der Waals surface area contributed by atoms with Crippen molar-refractivity contribution >= 4 is 5.91 Å². The average Bonchev–Trinajstić information content (AvgIpc) is 3.07. The molecule has 1 atom stereocenters. The molecule has 2 heterocycles. The van der Waals surface area contributed by atoms with Crippen molar-refractivity contribution in [3.63, 3.8) is 0 Å². The van der Waals surface area contributed by atoms with Gasteiger partial charge in [0.2, 0.25) is 12.7 Å². The smallest absolute Gasteiger partial charge is 0.231 e. The number of rotatable bonds is 5. The van der Waals surface area contributed by atoms with Crippen LogP contribution < -0.4 is 9.47 Å². The van der Waals surface area contributed by atoms with E-state index in [-0.39, 0.29) is 24.7 Å². The molecule has 0 bridgehead atoms. The number of aliphatic hydroxyl groups excluding tert-OH is 1. The molecule has 1 unspecified atom stereocenters. The van der Waals surface area contributed by atoms with Crippen molar-refractivity contribution in [1.82, 2.24) is 4.90 Å². The molecular formula is C18H25NO4. The zero-order valence-corrected chi connectivity index (χ0v) is 13.7. The molecule has 1 saturated heterocycles. The van der Waals surface area contributed by atoms with E-state index >= 15 is 0 Å². The Hall–Kier alpha value is -1.75. The molecule has 3 rings (SSSR count). The van der Waals surface area contributed by atoms with Crippen LogP contribution in [0.15, 0.2) is 18.2 Å². The maximum atomic E-state index is 12.5. The summed E-state index contributed by atoms with van der Waals surface area (Å²) >= 11 is 0. The van der Waals surface area contributed by atoms with Gasteiger partial charge in [-0.3, -0.25) is 4.79 Å². The standard InChI is InChI=1S/C18H25NO4/c1-2-18(12-20)8-3-9-19(11-18)17(21)7-5-14-4-6-15-16(10-14)23-13-22-15/h4,6,10,20H,2-3,5,7-9,11-13H2,1H3. The Bertz CT molecular complexity index is 568. The van der Waals surface area contributed by atoms with Crippen LogP contribution in [0.5, 0.6) is 11.5 Å². The Morgan fingerprint density at radius 3 is 2.96 bits per heavy atom. The molecular weight excluding hydrogens is 294 g/mol. The Kier molecular flexibility index (Phi) is 4.76. The molecule has 2 aliphatic rings. The first-order valence-electron chi connectivity index (χ1n) is 8.43. The number of aliphatic hydroxyl groups is 1. The molecule has 0 aromatic heterocycles. The second-order valence-electron chi connectivity index (χ2n) is 6.62. The number of likely N-dealkylation sites (tertiary alicyclic amines) is 1. The van der Waals surface area contributed by atoms with Crippen molar-refractivity contribution in [2.75, 3.05) is 26.5 Å². The van der Waals surface area contributed by atoms with Crippen LogP contribution in [0.25, 0.3) is 0 Å². The fourth-order valence-corrected chi connectivity index (χ4v) is 3.46. The minimum atomic E-state index is -0.105. The van der Waals surface area contributed by atoms with Crippen molar-refractivity contribution in [1.29, 1.82) is 0 Å². The summed E-state index contributed by atoms with van der Waals surface area (Å²) in [5.41, 5.74) is 0.982. The van der Waals surface area contributed by atoms with Gasteiger partial charge in [0.1, 0.15) is 0 Å². The summed E-state index contributed by atoms with van der Waals surface area (Å²) in [6, 6.07) is 5.84. The lowest BCUT2D eigenvalue weighted by molar-refractivity contribution is -0.135. The summed E-state index contributed by atoms with van der Waals surface area (Å²) in [5.74, 6) is 1.71. The molecule has 0 radical (unpaired) electrons. The van der Waals surface area contributed by atoms with Crippen molar-refractivity contribution in [3.8, 4) is 11.5 Å². The zero-order valence-electron chi connectivity index (χ0n) is 13.7. The van der Waals surface area contributed by atoms with E-state index in [1.165, 1.54) is 0 Å². The first-order chi connectivity index (χ1) is 11.2. The number of aryl methyl sites for hydroxylation is 1. The number of piperidine rings is 1. The third kappa shape index (κ3) is 3.44. The van der Waals surface area contributed by atoms with Crippen molar-refractivity contribution in [2.45, 2.75) is 39.0 Å². The minimum Gasteiger partial charge on any atom is -0.454 e. The molecule has 1 aromatic rings. The summed E-state index contributed by atoms with van der Waals surface area (Å²) in [6.07, 6.45) is 4.08. The average molecular weight is 319 g/mol. The van der Waals surface area contributed by atoms with Gasteiger partial charge in [0.25, 0.3) is 0 Å². The molecule has 1 N–H and O–H groups in total. The van der Waals surface area contributed by atoms with Gasteiger partial charge < -0.3 is 19.5 Å². The van der Waals surface area contributed by atoms with E-state index in [1.54, 1.807) is 0 Å². The number of nitrogens with zero attached hydrogens (tertiary/aromatic N) is 1. The van der Waals surface area contributed by atoms with Crippen LogP contribution >= 0.6 is 0 Å². The Morgan fingerprint density at radius 1 is 1.35 bits per heavy atom. The predicted octanol–water partition coefficient (Wildman–Crippen LogP) is 2.36. The van der Waals surface area contributed by atoms with Crippen LogP contribution in [0.1, 0.15) is 38.2 Å². The van der Waals surface area contributed by atoms with Crippen LogP contribution in [0.3, 0.4) is 0 Å². The quantitative estimate of drug-likeness (QED) is 0.905. The lowest BCUT2D eigenvalue weighted by Crippen LogP contribution is -2.47. The maximum absolute atomic E-state index is 12.5. The number of fused-ring (bicyclic) bond motifs is 1. The molecule has 0 spiro atoms. The van der Waals surface area contributed by atoms with E-state index in [0.29, 0.717) is 19.4 Å². The molecule has 0 aliphatic carbocycles. The van der Waals surface area contributed by atoms with Crippen LogP contribution in [-0.2, 0) is 11.2 Å². The number of hydrogen-bond acceptors (Lipinski definition) is 4. The second-order valence-corrected chi connectivity index (χ2v) is 6.62. The Labute approximate surface area is 137 Å². The summed E-state index contributed by atoms with van der Waals surface area (Å²) in [7, 11) is 0. The van der Waals surface area contributed by atoms with Crippen LogP contribution in [-0.4, -0.2) is 42.4 Å². The summed E-state index contributed by atoms with van der Waals surface area (Å²) in [5, 5.41) is 9.67. The number of carbonyl (C=O) groups excluding carboxylic acids is 1. The summed E-state index contributed by atoms with van der Waals surface area (Å²) in [4.78, 5) is 14.4. The zero-order chi connectivity index (χ0) is 16.3. The Morgan fingerprint density at radius 2 is 2.17 bits per heavy atom. The number of benzene rings is 1. The van der Waals surface area contributed by atoms with Gasteiger partial charge >= 0.3 is 0 Å². The highest BCUT2D eigenvalue weighted by atomic mass is 16.7. The Balaban J connectivity index is 1.57. The molecule has 1 fully saturated rings. The highest BCUT2D eigenvalue weighted by Gasteiger charge is 2.34. The predicted molar refractivity (Wildman–Crippen MR) is 86.5 cm³/mol. The van der Waals surface area contributed by atoms with Gasteiger partial charge in [-0.05, 0) is 43.4 Å². The highest BCUT2D eigenvalue weighted by molar-refractivity contribution is 5.76. The topological polar surface area (TPSA) is 59.0 Å². The van der Waals surface area contributed by atoms with E-state index < -0.39 is 0 Å². The molecule has 0 saturated carbocycles. The molecule has 5 nitrogen and oxygen atoms in total. The third-order valence-electron chi connectivity index (χ3n) is 5.16. The third-order valence-corrected chi connectivity index (χ3v) is 5.16. The maximum Gasteiger partial charge on any atom is 0.231 e. The van der Waals surface area contributed by atoms with E-state index in [0.717, 1.165) is 42.9 Å². The summed E-state index contributed by atoms with van der Waals surface area (Å²) < 4.78 is 10.7. The van der Waals surface area contributed by atoms with E-state index in [1.807, 2.05) is 23.1 Å². The molecule has 126 valence electrons. The van der Waals surface area contributed by atoms with Gasteiger partial charge in [-0.2, -0.15) is 0 Å². The molecule has 23 heavy (non-hydrogen) atoms. The van der Waals surface area contributed by atoms with Gasteiger partial charge in [0.15, 0.2) is 11.5 Å². The van der Waals surface area contributed by atoms with E-state index in [2.05, 4.69) is 6.92 Å². The molecule has 5 heteroatoms.